The number of hydrogen-bond donors (Lipinski definition) is 0. The van der Waals surface area contributed by atoms with Gasteiger partial charge in [0.15, 0.2) is 0 Å². The van der Waals surface area contributed by atoms with Gasteiger partial charge in [0, 0.05) is 24.4 Å². The molecule has 0 radical (unpaired) electrons. The van der Waals surface area contributed by atoms with Crippen molar-refractivity contribution >= 4 is 23.2 Å². The van der Waals surface area contributed by atoms with E-state index in [0.717, 1.165) is 18.4 Å². The molecule has 4 nitrogen and oxygen atoms in total. The lowest BCUT2D eigenvalue weighted by Crippen LogP contribution is -2.43. The number of carbonyl (C=O) groups is 2. The van der Waals surface area contributed by atoms with Crippen LogP contribution < -0.4 is 0 Å². The Labute approximate surface area is 179 Å². The van der Waals surface area contributed by atoms with Crippen molar-refractivity contribution in [2.75, 3.05) is 13.1 Å². The van der Waals surface area contributed by atoms with E-state index in [1.165, 1.54) is 10.4 Å². The fourth-order valence-corrected chi connectivity index (χ4v) is 4.14. The van der Waals surface area contributed by atoms with Gasteiger partial charge in [-0.1, -0.05) is 57.5 Å². The lowest BCUT2D eigenvalue weighted by Gasteiger charge is -2.29. The predicted octanol–water partition coefficient (Wildman–Crippen LogP) is 5.26. The first-order chi connectivity index (χ1) is 13.9. The lowest BCUT2D eigenvalue weighted by molar-refractivity contribution is -0.141. The number of thiophene rings is 1. The first kappa shape index (κ1) is 23.1. The number of hydrogen-bond acceptors (Lipinski definition) is 3. The van der Waals surface area contributed by atoms with Gasteiger partial charge in [0.25, 0.3) is 0 Å². The maximum Gasteiger partial charge on any atom is 0.242 e. The molecular weight excluding hydrogens is 380 g/mol. The summed E-state index contributed by atoms with van der Waals surface area (Å²) in [4.78, 5) is 30.8. The molecule has 0 aliphatic carbocycles. The monoisotopic (exact) mass is 414 g/mol. The van der Waals surface area contributed by atoms with Gasteiger partial charge in [0.1, 0.15) is 0 Å². The molecule has 0 spiro atoms. The van der Waals surface area contributed by atoms with E-state index in [2.05, 4.69) is 39.1 Å². The first-order valence-electron chi connectivity index (χ1n) is 10.5. The smallest absolute Gasteiger partial charge is 0.242 e. The minimum Gasteiger partial charge on any atom is -0.333 e. The van der Waals surface area contributed by atoms with Gasteiger partial charge >= 0.3 is 0 Å². The molecule has 1 aromatic carbocycles. The normalized spacial score (nSPS) is 10.9. The van der Waals surface area contributed by atoms with Gasteiger partial charge < -0.3 is 9.80 Å². The number of nitrogens with zero attached hydrogens (tertiary/aromatic N) is 2. The maximum atomic E-state index is 13.3. The van der Waals surface area contributed by atoms with Crippen molar-refractivity contribution in [3.05, 3.63) is 57.8 Å². The Kier molecular flexibility index (Phi) is 9.39. The molecule has 2 rings (SSSR count). The molecule has 2 aromatic rings. The lowest BCUT2D eigenvalue weighted by atomic mass is 10.1. The minimum atomic E-state index is 0.00662. The summed E-state index contributed by atoms with van der Waals surface area (Å²) in [5, 5.41) is 2.06. The summed E-state index contributed by atoms with van der Waals surface area (Å²) >= 11 is 1.68. The highest BCUT2D eigenvalue weighted by atomic mass is 32.1. The quantitative estimate of drug-likeness (QED) is 0.503. The highest BCUT2D eigenvalue weighted by molar-refractivity contribution is 7.10. The molecule has 5 heteroatoms. The van der Waals surface area contributed by atoms with E-state index in [0.29, 0.717) is 32.0 Å². The molecule has 2 amide bonds. The first-order valence-corrected chi connectivity index (χ1v) is 11.4. The Hall–Kier alpha value is -2.14. The van der Waals surface area contributed by atoms with E-state index >= 15 is 0 Å². The summed E-state index contributed by atoms with van der Waals surface area (Å²) in [5.74, 6) is 0.420. The Bertz CT molecular complexity index is 770. The van der Waals surface area contributed by atoms with Crippen LogP contribution in [-0.4, -0.2) is 34.7 Å². The molecule has 1 aromatic heterocycles. The number of carbonyl (C=O) groups excluding carboxylic acids is 2. The van der Waals surface area contributed by atoms with Crippen LogP contribution in [0.25, 0.3) is 0 Å². The predicted molar refractivity (Wildman–Crippen MR) is 121 cm³/mol. The van der Waals surface area contributed by atoms with Crippen LogP contribution in [0.3, 0.4) is 0 Å². The van der Waals surface area contributed by atoms with Gasteiger partial charge in [0.2, 0.25) is 11.8 Å². The van der Waals surface area contributed by atoms with Crippen LogP contribution >= 0.6 is 11.3 Å². The van der Waals surface area contributed by atoms with Crippen molar-refractivity contribution in [1.29, 1.82) is 0 Å². The topological polar surface area (TPSA) is 40.6 Å². The van der Waals surface area contributed by atoms with Crippen molar-refractivity contribution < 1.29 is 9.59 Å². The molecule has 0 atom stereocenters. The van der Waals surface area contributed by atoms with Crippen LogP contribution in [0.2, 0.25) is 0 Å². The van der Waals surface area contributed by atoms with Gasteiger partial charge in [-0.3, -0.25) is 9.59 Å². The zero-order valence-corrected chi connectivity index (χ0v) is 19.0. The number of unbranched alkanes of at least 4 members (excludes halogenated alkanes) is 1. The number of amides is 2. The van der Waals surface area contributed by atoms with Gasteiger partial charge in [0.05, 0.1) is 13.1 Å². The van der Waals surface area contributed by atoms with Crippen molar-refractivity contribution in [2.45, 2.75) is 60.0 Å². The van der Waals surface area contributed by atoms with Crippen LogP contribution in [0.15, 0.2) is 41.8 Å². The molecule has 0 unspecified atom stereocenters. The van der Waals surface area contributed by atoms with Gasteiger partial charge in [-0.05, 0) is 41.8 Å². The summed E-state index contributed by atoms with van der Waals surface area (Å²) in [6.07, 6.45) is 2.36. The van der Waals surface area contributed by atoms with Crippen LogP contribution in [0.1, 0.15) is 56.0 Å². The molecule has 0 fully saturated rings. The second-order valence-electron chi connectivity index (χ2n) is 8.03. The zero-order valence-electron chi connectivity index (χ0n) is 18.2. The van der Waals surface area contributed by atoms with Crippen molar-refractivity contribution in [1.82, 2.24) is 9.80 Å². The molecule has 158 valence electrons. The van der Waals surface area contributed by atoms with Crippen molar-refractivity contribution in [2.24, 2.45) is 5.92 Å². The average molecular weight is 415 g/mol. The minimum absolute atomic E-state index is 0.00662. The van der Waals surface area contributed by atoms with E-state index < -0.39 is 0 Å². The van der Waals surface area contributed by atoms with E-state index in [9.17, 15) is 9.59 Å². The Balaban J connectivity index is 2.16. The molecule has 0 saturated heterocycles. The molecule has 29 heavy (non-hydrogen) atoms. The number of aryl methyl sites for hydroxylation is 1. The third-order valence-corrected chi connectivity index (χ3v) is 5.89. The molecular formula is C24H34N2O2S. The average Bonchev–Trinajstić information content (AvgIpc) is 3.10. The zero-order chi connectivity index (χ0) is 21.2. The highest BCUT2D eigenvalue weighted by Crippen LogP contribution is 2.20. The van der Waals surface area contributed by atoms with Gasteiger partial charge in [-0.2, -0.15) is 0 Å². The Morgan fingerprint density at radius 1 is 1.00 bits per heavy atom. The van der Waals surface area contributed by atoms with Crippen LogP contribution in [-0.2, 0) is 22.7 Å². The molecule has 0 aliphatic rings. The molecule has 1 heterocycles. The van der Waals surface area contributed by atoms with Crippen molar-refractivity contribution in [3.63, 3.8) is 0 Å². The van der Waals surface area contributed by atoms with E-state index in [4.69, 9.17) is 0 Å². The largest absolute Gasteiger partial charge is 0.333 e. The van der Waals surface area contributed by atoms with Gasteiger partial charge in [-0.15, -0.1) is 11.3 Å². The standard InChI is InChI=1S/C24H34N2O2S/c1-5-6-12-23(27)25(15-19(2)3)18-24(28)26(16-21-10-8-7-9-11-21)17-22-20(4)13-14-29-22/h7-11,13-14,19H,5-6,12,15-18H2,1-4H3. The number of rotatable bonds is 11. The highest BCUT2D eigenvalue weighted by Gasteiger charge is 2.23. The fraction of sp³-hybridized carbons (Fsp3) is 0.500. The Morgan fingerprint density at radius 3 is 2.31 bits per heavy atom. The summed E-state index contributed by atoms with van der Waals surface area (Å²) in [7, 11) is 0. The van der Waals surface area contributed by atoms with Gasteiger partial charge in [-0.25, -0.2) is 0 Å². The SMILES string of the molecule is CCCCC(=O)N(CC(=O)N(Cc1ccccc1)Cc1sccc1C)CC(C)C. The number of benzene rings is 1. The summed E-state index contributed by atoms with van der Waals surface area (Å²) < 4.78 is 0. The Morgan fingerprint density at radius 2 is 1.72 bits per heavy atom. The van der Waals surface area contributed by atoms with Crippen LogP contribution in [0.5, 0.6) is 0 Å². The summed E-state index contributed by atoms with van der Waals surface area (Å²) in [6.45, 7) is 10.2. The molecule has 0 aliphatic heterocycles. The fourth-order valence-electron chi connectivity index (χ4n) is 3.22. The third-order valence-electron chi connectivity index (χ3n) is 4.88. The molecule has 0 bridgehead atoms. The van der Waals surface area contributed by atoms with E-state index in [-0.39, 0.29) is 18.4 Å². The van der Waals surface area contributed by atoms with E-state index in [1.807, 2.05) is 35.2 Å². The van der Waals surface area contributed by atoms with Crippen LogP contribution in [0, 0.1) is 12.8 Å². The molecule has 0 N–H and O–H groups in total. The van der Waals surface area contributed by atoms with E-state index in [1.54, 1.807) is 16.2 Å². The third kappa shape index (κ3) is 7.65. The summed E-state index contributed by atoms with van der Waals surface area (Å²) in [5.41, 5.74) is 2.31. The van der Waals surface area contributed by atoms with Crippen molar-refractivity contribution in [3.8, 4) is 0 Å². The second kappa shape index (κ2) is 11.8. The second-order valence-corrected chi connectivity index (χ2v) is 9.03. The maximum absolute atomic E-state index is 13.3. The summed E-state index contributed by atoms with van der Waals surface area (Å²) in [6, 6.07) is 12.1. The molecule has 0 saturated carbocycles. The van der Waals surface area contributed by atoms with Crippen LogP contribution in [0.4, 0.5) is 0 Å².